The summed E-state index contributed by atoms with van der Waals surface area (Å²) in [6, 6.07) is 5.40. The number of halogens is 10. The van der Waals surface area contributed by atoms with Crippen LogP contribution in [0.15, 0.2) is 34.9 Å². The van der Waals surface area contributed by atoms with Crippen LogP contribution in [0.1, 0.15) is 17.0 Å². The van der Waals surface area contributed by atoms with Crippen molar-refractivity contribution in [1.82, 2.24) is 10.1 Å². The van der Waals surface area contributed by atoms with Crippen LogP contribution in [-0.4, -0.2) is 16.3 Å². The Bertz CT molecular complexity index is 1120. The SMILES string of the molecule is Cc1cc(-c2c(-c3ccc(Cl)cc3)nc(C(F)(F)C(F)(F)F)c(C(F)(F)F)c2F)on1. The fourth-order valence-corrected chi connectivity index (χ4v) is 2.83. The average molecular weight is 475 g/mol. The Morgan fingerprint density at radius 3 is 1.97 bits per heavy atom. The zero-order chi connectivity index (χ0) is 23.4. The first kappa shape index (κ1) is 22.9. The van der Waals surface area contributed by atoms with Gasteiger partial charge in [0.25, 0.3) is 0 Å². The highest BCUT2D eigenvalue weighted by Gasteiger charge is 2.63. The molecule has 0 aliphatic rings. The molecule has 0 spiro atoms. The highest BCUT2D eigenvalue weighted by molar-refractivity contribution is 6.30. The van der Waals surface area contributed by atoms with Crippen LogP contribution in [-0.2, 0) is 12.1 Å². The van der Waals surface area contributed by atoms with Gasteiger partial charge >= 0.3 is 18.3 Å². The minimum atomic E-state index is -6.48. The van der Waals surface area contributed by atoms with Crippen molar-refractivity contribution in [2.24, 2.45) is 0 Å². The van der Waals surface area contributed by atoms with E-state index >= 15 is 4.39 Å². The van der Waals surface area contributed by atoms with E-state index in [1.54, 1.807) is 0 Å². The van der Waals surface area contributed by atoms with Gasteiger partial charge in [-0.1, -0.05) is 28.9 Å². The van der Waals surface area contributed by atoms with Crippen LogP contribution in [0.2, 0.25) is 5.02 Å². The Balaban J connectivity index is 2.50. The molecule has 3 nitrogen and oxygen atoms in total. The van der Waals surface area contributed by atoms with E-state index in [9.17, 15) is 35.1 Å². The molecule has 0 N–H and O–H groups in total. The molecule has 2 aromatic heterocycles. The molecule has 1 aromatic carbocycles. The number of rotatable bonds is 3. The Morgan fingerprint density at radius 2 is 1.52 bits per heavy atom. The fourth-order valence-electron chi connectivity index (χ4n) is 2.70. The molecule has 0 radical (unpaired) electrons. The van der Waals surface area contributed by atoms with E-state index in [-0.39, 0.29) is 16.3 Å². The van der Waals surface area contributed by atoms with Crippen molar-refractivity contribution < 1.29 is 44.0 Å². The highest BCUT2D eigenvalue weighted by Crippen LogP contribution is 2.50. The maximum Gasteiger partial charge on any atom is 0.459 e. The van der Waals surface area contributed by atoms with E-state index in [1.165, 1.54) is 6.92 Å². The molecule has 166 valence electrons. The summed E-state index contributed by atoms with van der Waals surface area (Å²) >= 11 is 5.70. The fraction of sp³-hybridized carbons (Fsp3) is 0.222. The van der Waals surface area contributed by atoms with Gasteiger partial charge in [-0.25, -0.2) is 9.37 Å². The maximum absolute atomic E-state index is 15.1. The predicted octanol–water partition coefficient (Wildman–Crippen LogP) is 7.18. The predicted molar refractivity (Wildman–Crippen MR) is 89.8 cm³/mol. The number of aryl methyl sites for hydroxylation is 1. The summed E-state index contributed by atoms with van der Waals surface area (Å²) in [4.78, 5) is 2.96. The van der Waals surface area contributed by atoms with Crippen LogP contribution >= 0.6 is 11.6 Å². The normalized spacial score (nSPS) is 13.0. The van der Waals surface area contributed by atoms with Crippen molar-refractivity contribution in [2.45, 2.75) is 25.2 Å². The zero-order valence-corrected chi connectivity index (χ0v) is 15.7. The maximum atomic E-state index is 15.1. The van der Waals surface area contributed by atoms with Gasteiger partial charge in [0, 0.05) is 16.7 Å². The molecular weight excluding hydrogens is 467 g/mol. The van der Waals surface area contributed by atoms with Crippen molar-refractivity contribution in [1.29, 1.82) is 0 Å². The summed E-state index contributed by atoms with van der Waals surface area (Å²) in [5.41, 5.74) is -7.93. The number of aromatic nitrogens is 2. The van der Waals surface area contributed by atoms with Crippen LogP contribution in [0.3, 0.4) is 0 Å². The quantitative estimate of drug-likeness (QED) is 0.378. The van der Waals surface area contributed by atoms with Crippen LogP contribution in [0.4, 0.5) is 39.5 Å². The molecule has 0 unspecified atom stereocenters. The second-order valence-electron chi connectivity index (χ2n) is 6.28. The van der Waals surface area contributed by atoms with Crippen LogP contribution < -0.4 is 0 Å². The molecule has 0 fully saturated rings. The van der Waals surface area contributed by atoms with Crippen molar-refractivity contribution in [2.75, 3.05) is 0 Å². The van der Waals surface area contributed by atoms with Crippen LogP contribution in [0, 0.1) is 12.7 Å². The standard InChI is InChI=1S/C18H8ClF9N2O/c1-7-6-10(31-30-7)11-13(20)12(17(23,24)25)15(16(21,22)18(26,27)28)29-14(11)8-2-4-9(19)5-3-8/h2-6H,1H3. The molecule has 0 amide bonds. The van der Waals surface area contributed by atoms with Crippen molar-refractivity contribution in [3.8, 4) is 22.6 Å². The lowest BCUT2D eigenvalue weighted by Crippen LogP contribution is -2.37. The topological polar surface area (TPSA) is 38.9 Å². The van der Waals surface area contributed by atoms with E-state index in [0.717, 1.165) is 30.3 Å². The van der Waals surface area contributed by atoms with Crippen molar-refractivity contribution in [3.63, 3.8) is 0 Å². The molecule has 2 heterocycles. The monoisotopic (exact) mass is 474 g/mol. The third kappa shape index (κ3) is 4.08. The van der Waals surface area contributed by atoms with E-state index in [1.807, 2.05) is 0 Å². The van der Waals surface area contributed by atoms with Crippen LogP contribution in [0.5, 0.6) is 0 Å². The van der Waals surface area contributed by atoms with Gasteiger partial charge < -0.3 is 4.52 Å². The number of hydrogen-bond donors (Lipinski definition) is 0. The molecule has 0 bridgehead atoms. The van der Waals surface area contributed by atoms with Gasteiger partial charge in [0.15, 0.2) is 11.6 Å². The first-order chi connectivity index (χ1) is 14.1. The zero-order valence-electron chi connectivity index (χ0n) is 15.0. The third-order valence-corrected chi connectivity index (χ3v) is 4.32. The Morgan fingerprint density at radius 1 is 0.935 bits per heavy atom. The summed E-state index contributed by atoms with van der Waals surface area (Å²) in [5.74, 6) is -9.18. The second-order valence-corrected chi connectivity index (χ2v) is 6.72. The lowest BCUT2D eigenvalue weighted by atomic mass is 9.96. The van der Waals surface area contributed by atoms with Gasteiger partial charge in [0.2, 0.25) is 0 Å². The second kappa shape index (κ2) is 7.43. The summed E-state index contributed by atoms with van der Waals surface area (Å²) < 4.78 is 127. The lowest BCUT2D eigenvalue weighted by molar-refractivity contribution is -0.292. The summed E-state index contributed by atoms with van der Waals surface area (Å²) in [6.45, 7) is 1.33. The van der Waals surface area contributed by atoms with Gasteiger partial charge in [0.05, 0.1) is 17.0 Å². The molecule has 31 heavy (non-hydrogen) atoms. The lowest BCUT2D eigenvalue weighted by Gasteiger charge is -2.24. The largest absolute Gasteiger partial charge is 0.459 e. The molecule has 0 saturated heterocycles. The molecule has 13 heteroatoms. The first-order valence-electron chi connectivity index (χ1n) is 8.10. The average Bonchev–Trinajstić information content (AvgIpc) is 3.05. The van der Waals surface area contributed by atoms with E-state index in [2.05, 4.69) is 10.1 Å². The number of alkyl halides is 8. The minimum absolute atomic E-state index is 0.0784. The molecule has 3 rings (SSSR count). The minimum Gasteiger partial charge on any atom is -0.356 e. The van der Waals surface area contributed by atoms with Gasteiger partial charge in [-0.2, -0.15) is 35.1 Å². The van der Waals surface area contributed by atoms with E-state index in [4.69, 9.17) is 16.1 Å². The van der Waals surface area contributed by atoms with Gasteiger partial charge in [-0.3, -0.25) is 0 Å². The molecule has 0 atom stereocenters. The molecule has 3 aromatic rings. The first-order valence-corrected chi connectivity index (χ1v) is 8.47. The van der Waals surface area contributed by atoms with Crippen molar-refractivity contribution >= 4 is 11.6 Å². The van der Waals surface area contributed by atoms with E-state index < -0.39 is 52.4 Å². The third-order valence-electron chi connectivity index (χ3n) is 4.07. The number of benzene rings is 1. The Kier molecular flexibility index (Phi) is 5.49. The summed E-state index contributed by atoms with van der Waals surface area (Å²) in [5, 5.41) is 3.49. The van der Waals surface area contributed by atoms with Gasteiger partial charge in [0.1, 0.15) is 11.3 Å². The molecule has 0 saturated carbocycles. The number of hydrogen-bond acceptors (Lipinski definition) is 3. The van der Waals surface area contributed by atoms with Gasteiger partial charge in [-0.05, 0) is 19.1 Å². The smallest absolute Gasteiger partial charge is 0.356 e. The van der Waals surface area contributed by atoms with E-state index in [0.29, 0.717) is 0 Å². The molecule has 0 aliphatic heterocycles. The van der Waals surface area contributed by atoms with Crippen molar-refractivity contribution in [3.05, 3.63) is 58.1 Å². The number of pyridine rings is 1. The van der Waals surface area contributed by atoms with Gasteiger partial charge in [-0.15, -0.1) is 0 Å². The molecule has 0 aliphatic carbocycles. The van der Waals surface area contributed by atoms with Crippen LogP contribution in [0.25, 0.3) is 22.6 Å². The Labute approximate surface area is 172 Å². The molecular formula is C18H8ClF9N2O. The number of nitrogens with zero attached hydrogens (tertiary/aromatic N) is 2. The summed E-state index contributed by atoms with van der Waals surface area (Å²) in [7, 11) is 0. The summed E-state index contributed by atoms with van der Waals surface area (Å²) in [6.07, 6.45) is -12.4. The Hall–Kier alpha value is -2.76. The highest BCUT2D eigenvalue weighted by atomic mass is 35.5.